The highest BCUT2D eigenvalue weighted by Crippen LogP contribution is 2.48. The number of hydrogen-bond acceptors (Lipinski definition) is 5. The summed E-state index contributed by atoms with van der Waals surface area (Å²) in [5, 5.41) is 14.6. The van der Waals surface area contributed by atoms with Crippen LogP contribution in [-0.4, -0.2) is 16.0 Å². The number of fused-ring (bicyclic) bond motifs is 1. The number of nitrogens with one attached hydrogen (secondary N) is 1. The van der Waals surface area contributed by atoms with E-state index >= 15 is 0 Å². The van der Waals surface area contributed by atoms with Crippen molar-refractivity contribution in [3.63, 3.8) is 0 Å². The third-order valence-electron chi connectivity index (χ3n) is 4.46. The van der Waals surface area contributed by atoms with Gasteiger partial charge in [0.05, 0.1) is 16.3 Å². The zero-order chi connectivity index (χ0) is 17.8. The standard InChI is InChI=1S/C19H17N3O2S/c1-10-8-11(2)14-13(9-10)19(24,17(23)21-14)16-15(22-18(20)25-16)12-6-4-3-5-7-12/h3-9,24H,1-2H3,(H2,20,22)(H,21,23). The van der Waals surface area contributed by atoms with E-state index in [4.69, 9.17) is 5.73 Å². The molecule has 0 radical (unpaired) electrons. The van der Waals surface area contributed by atoms with Gasteiger partial charge in [-0.2, -0.15) is 0 Å². The highest BCUT2D eigenvalue weighted by molar-refractivity contribution is 7.16. The fourth-order valence-corrected chi connectivity index (χ4v) is 4.30. The second-order valence-corrected chi connectivity index (χ2v) is 7.30. The molecule has 0 aliphatic carbocycles. The Balaban J connectivity index is 1.99. The predicted molar refractivity (Wildman–Crippen MR) is 99.5 cm³/mol. The maximum Gasteiger partial charge on any atom is 0.266 e. The first-order valence-electron chi connectivity index (χ1n) is 7.89. The molecule has 0 bridgehead atoms. The van der Waals surface area contributed by atoms with Gasteiger partial charge in [-0.05, 0) is 19.4 Å². The zero-order valence-corrected chi connectivity index (χ0v) is 14.6. The zero-order valence-electron chi connectivity index (χ0n) is 13.8. The topological polar surface area (TPSA) is 88.2 Å². The van der Waals surface area contributed by atoms with E-state index in [-0.39, 0.29) is 0 Å². The molecule has 5 nitrogen and oxygen atoms in total. The fraction of sp³-hybridized carbons (Fsp3) is 0.158. The molecule has 126 valence electrons. The van der Waals surface area contributed by atoms with Gasteiger partial charge < -0.3 is 16.2 Å². The van der Waals surface area contributed by atoms with Gasteiger partial charge in [0.25, 0.3) is 5.91 Å². The van der Waals surface area contributed by atoms with E-state index in [0.29, 0.717) is 27.0 Å². The van der Waals surface area contributed by atoms with Crippen LogP contribution in [0, 0.1) is 13.8 Å². The number of carbonyl (C=O) groups excluding carboxylic acids is 1. The number of aliphatic hydroxyl groups is 1. The number of thiazole rings is 1. The number of aryl methyl sites for hydroxylation is 2. The minimum Gasteiger partial charge on any atom is -0.375 e. The number of nitrogens with two attached hydrogens (primary N) is 1. The molecule has 0 spiro atoms. The van der Waals surface area contributed by atoms with E-state index in [1.165, 1.54) is 0 Å². The lowest BCUT2D eigenvalue weighted by atomic mass is 9.89. The molecule has 2 aromatic carbocycles. The molecule has 1 aliphatic heterocycles. The summed E-state index contributed by atoms with van der Waals surface area (Å²) in [6, 6.07) is 13.3. The molecule has 0 saturated carbocycles. The number of anilines is 2. The van der Waals surface area contributed by atoms with Crippen LogP contribution in [0.3, 0.4) is 0 Å². The molecule has 2 heterocycles. The van der Waals surface area contributed by atoms with Crippen LogP contribution in [-0.2, 0) is 10.4 Å². The third kappa shape index (κ3) is 2.26. The number of aromatic nitrogens is 1. The van der Waals surface area contributed by atoms with E-state index in [9.17, 15) is 9.90 Å². The third-order valence-corrected chi connectivity index (χ3v) is 5.45. The number of hydrogen-bond donors (Lipinski definition) is 3. The molecular weight excluding hydrogens is 334 g/mol. The minimum atomic E-state index is -1.80. The molecule has 25 heavy (non-hydrogen) atoms. The monoisotopic (exact) mass is 351 g/mol. The number of rotatable bonds is 2. The van der Waals surface area contributed by atoms with Gasteiger partial charge in [0, 0.05) is 11.1 Å². The number of amides is 1. The van der Waals surface area contributed by atoms with Gasteiger partial charge in [0.15, 0.2) is 5.13 Å². The average Bonchev–Trinajstić information content (AvgIpc) is 3.09. The molecule has 1 unspecified atom stereocenters. The Morgan fingerprint density at radius 1 is 1.20 bits per heavy atom. The van der Waals surface area contributed by atoms with E-state index in [1.807, 2.05) is 56.3 Å². The summed E-state index contributed by atoms with van der Waals surface area (Å²) < 4.78 is 0. The second-order valence-electron chi connectivity index (χ2n) is 6.26. The van der Waals surface area contributed by atoms with Gasteiger partial charge in [-0.3, -0.25) is 4.79 Å². The molecule has 3 aromatic rings. The molecular formula is C19H17N3O2S. The normalized spacial score (nSPS) is 18.9. The first-order chi connectivity index (χ1) is 11.9. The van der Waals surface area contributed by atoms with Crippen molar-refractivity contribution in [3.05, 3.63) is 64.0 Å². The molecule has 1 amide bonds. The fourth-order valence-electron chi connectivity index (χ4n) is 3.34. The van der Waals surface area contributed by atoms with Crippen LogP contribution in [0.2, 0.25) is 0 Å². The number of nitrogen functional groups attached to an aromatic ring is 1. The summed E-state index contributed by atoms with van der Waals surface area (Å²) in [6.45, 7) is 3.85. The van der Waals surface area contributed by atoms with Crippen molar-refractivity contribution in [2.24, 2.45) is 0 Å². The summed E-state index contributed by atoms with van der Waals surface area (Å²) in [7, 11) is 0. The molecule has 1 atom stereocenters. The summed E-state index contributed by atoms with van der Waals surface area (Å²) in [5.74, 6) is -0.475. The van der Waals surface area contributed by atoms with Crippen molar-refractivity contribution in [2.75, 3.05) is 11.1 Å². The first kappa shape index (κ1) is 15.8. The summed E-state index contributed by atoms with van der Waals surface area (Å²) in [5.41, 5.74) is 8.58. The molecule has 4 N–H and O–H groups in total. The summed E-state index contributed by atoms with van der Waals surface area (Å²) >= 11 is 1.14. The van der Waals surface area contributed by atoms with E-state index in [1.54, 1.807) is 0 Å². The Kier molecular flexibility index (Phi) is 3.42. The molecule has 1 aliphatic rings. The second kappa shape index (κ2) is 5.40. The van der Waals surface area contributed by atoms with Crippen LogP contribution in [0.5, 0.6) is 0 Å². The number of carbonyl (C=O) groups is 1. The van der Waals surface area contributed by atoms with E-state index in [0.717, 1.165) is 28.0 Å². The maximum atomic E-state index is 12.8. The van der Waals surface area contributed by atoms with Gasteiger partial charge >= 0.3 is 0 Å². The van der Waals surface area contributed by atoms with Crippen molar-refractivity contribution in [1.82, 2.24) is 4.98 Å². The van der Waals surface area contributed by atoms with Crippen LogP contribution < -0.4 is 11.1 Å². The van der Waals surface area contributed by atoms with Gasteiger partial charge in [0.1, 0.15) is 0 Å². The Hall–Kier alpha value is -2.70. The van der Waals surface area contributed by atoms with Crippen LogP contribution in [0.4, 0.5) is 10.8 Å². The lowest BCUT2D eigenvalue weighted by Crippen LogP contribution is -2.35. The maximum absolute atomic E-state index is 12.8. The Morgan fingerprint density at radius 3 is 2.64 bits per heavy atom. The Bertz CT molecular complexity index is 997. The Labute approximate surface area is 149 Å². The first-order valence-corrected chi connectivity index (χ1v) is 8.70. The van der Waals surface area contributed by atoms with Crippen LogP contribution in [0.15, 0.2) is 42.5 Å². The molecule has 6 heteroatoms. The highest BCUT2D eigenvalue weighted by Gasteiger charge is 2.50. The van der Waals surface area contributed by atoms with Crippen LogP contribution in [0.25, 0.3) is 11.3 Å². The van der Waals surface area contributed by atoms with Crippen LogP contribution in [0.1, 0.15) is 21.6 Å². The number of benzene rings is 2. The van der Waals surface area contributed by atoms with Crippen LogP contribution >= 0.6 is 11.3 Å². The largest absolute Gasteiger partial charge is 0.375 e. The highest BCUT2D eigenvalue weighted by atomic mass is 32.1. The van der Waals surface area contributed by atoms with Crippen molar-refractivity contribution in [2.45, 2.75) is 19.4 Å². The predicted octanol–water partition coefficient (Wildman–Crippen LogP) is 3.20. The van der Waals surface area contributed by atoms with Crippen molar-refractivity contribution in [3.8, 4) is 11.3 Å². The van der Waals surface area contributed by atoms with Crippen molar-refractivity contribution in [1.29, 1.82) is 0 Å². The lowest BCUT2D eigenvalue weighted by molar-refractivity contribution is -0.129. The molecule has 0 saturated heterocycles. The number of nitrogens with zero attached hydrogens (tertiary/aromatic N) is 1. The average molecular weight is 351 g/mol. The van der Waals surface area contributed by atoms with Crippen molar-refractivity contribution >= 4 is 28.1 Å². The van der Waals surface area contributed by atoms with Crippen molar-refractivity contribution < 1.29 is 9.90 Å². The van der Waals surface area contributed by atoms with Gasteiger partial charge in [0.2, 0.25) is 5.60 Å². The molecule has 4 rings (SSSR count). The molecule has 1 aromatic heterocycles. The summed E-state index contributed by atoms with van der Waals surface area (Å²) in [6.07, 6.45) is 0. The van der Waals surface area contributed by atoms with E-state index < -0.39 is 11.5 Å². The SMILES string of the molecule is Cc1cc(C)c2c(c1)C(O)(c1sc(N)nc1-c1ccccc1)C(=O)N2. The summed E-state index contributed by atoms with van der Waals surface area (Å²) in [4.78, 5) is 17.6. The smallest absolute Gasteiger partial charge is 0.266 e. The quantitative estimate of drug-likeness (QED) is 0.661. The lowest BCUT2D eigenvalue weighted by Gasteiger charge is -2.21. The van der Waals surface area contributed by atoms with Gasteiger partial charge in [-0.25, -0.2) is 4.98 Å². The van der Waals surface area contributed by atoms with Gasteiger partial charge in [-0.1, -0.05) is 59.4 Å². The van der Waals surface area contributed by atoms with E-state index in [2.05, 4.69) is 10.3 Å². The minimum absolute atomic E-state index is 0.313. The Morgan fingerprint density at radius 2 is 1.92 bits per heavy atom. The van der Waals surface area contributed by atoms with Gasteiger partial charge in [-0.15, -0.1) is 0 Å². The molecule has 0 fully saturated rings.